The summed E-state index contributed by atoms with van der Waals surface area (Å²) >= 11 is 5.84. The summed E-state index contributed by atoms with van der Waals surface area (Å²) in [6.45, 7) is 1.84. The number of anilines is 1. The van der Waals surface area contributed by atoms with Gasteiger partial charge >= 0.3 is 0 Å². The van der Waals surface area contributed by atoms with Crippen molar-refractivity contribution in [1.29, 1.82) is 5.26 Å². The van der Waals surface area contributed by atoms with Gasteiger partial charge in [0.15, 0.2) is 0 Å². The predicted molar refractivity (Wildman–Crippen MR) is 70.7 cm³/mol. The summed E-state index contributed by atoms with van der Waals surface area (Å²) in [5.74, 6) is -0.455. The second kappa shape index (κ2) is 4.67. The van der Waals surface area contributed by atoms with Crippen LogP contribution < -0.4 is 5.73 Å². The average Bonchev–Trinajstić information content (AvgIpc) is 2.34. The molecule has 2 aromatic rings. The number of rotatable bonds is 1. The van der Waals surface area contributed by atoms with Gasteiger partial charge in [-0.05, 0) is 36.2 Å². The molecule has 4 heteroatoms. The van der Waals surface area contributed by atoms with Crippen molar-refractivity contribution in [2.24, 2.45) is 0 Å². The van der Waals surface area contributed by atoms with E-state index in [4.69, 9.17) is 22.6 Å². The first kappa shape index (κ1) is 12.4. The monoisotopic (exact) mass is 260 g/mol. The van der Waals surface area contributed by atoms with Crippen molar-refractivity contribution in [3.8, 4) is 17.2 Å². The Kier molecular flexibility index (Phi) is 3.22. The summed E-state index contributed by atoms with van der Waals surface area (Å²) in [6, 6.07) is 9.83. The van der Waals surface area contributed by atoms with Crippen molar-refractivity contribution in [2.45, 2.75) is 6.92 Å². The fourth-order valence-corrected chi connectivity index (χ4v) is 1.94. The third kappa shape index (κ3) is 2.15. The minimum atomic E-state index is -0.455. The minimum absolute atomic E-state index is 0.170. The third-order valence-electron chi connectivity index (χ3n) is 2.76. The van der Waals surface area contributed by atoms with Gasteiger partial charge in [-0.25, -0.2) is 4.39 Å². The van der Waals surface area contributed by atoms with Gasteiger partial charge in [0.05, 0.1) is 22.3 Å². The Morgan fingerprint density at radius 1 is 1.28 bits per heavy atom. The number of aryl methyl sites for hydroxylation is 1. The van der Waals surface area contributed by atoms with Gasteiger partial charge in [0.1, 0.15) is 5.82 Å². The largest absolute Gasteiger partial charge is 0.397 e. The van der Waals surface area contributed by atoms with E-state index in [9.17, 15) is 4.39 Å². The van der Waals surface area contributed by atoms with E-state index in [-0.39, 0.29) is 5.02 Å². The van der Waals surface area contributed by atoms with Crippen LogP contribution in [0.25, 0.3) is 11.1 Å². The lowest BCUT2D eigenvalue weighted by atomic mass is 9.99. The molecule has 2 rings (SSSR count). The quantitative estimate of drug-likeness (QED) is 0.791. The molecule has 0 aliphatic carbocycles. The SMILES string of the molecule is Cc1ccc(-c2cc(F)cc(Cl)c2N)cc1C#N. The summed E-state index contributed by atoms with van der Waals surface area (Å²) in [4.78, 5) is 0. The summed E-state index contributed by atoms with van der Waals surface area (Å²) in [5.41, 5.74) is 8.71. The van der Waals surface area contributed by atoms with Gasteiger partial charge < -0.3 is 5.73 Å². The molecule has 2 N–H and O–H groups in total. The Morgan fingerprint density at radius 3 is 2.67 bits per heavy atom. The molecule has 0 amide bonds. The zero-order valence-corrected chi connectivity index (χ0v) is 10.4. The van der Waals surface area contributed by atoms with Crippen molar-refractivity contribution < 1.29 is 4.39 Å². The Hall–Kier alpha value is -2.05. The Balaban J connectivity index is 2.66. The molecule has 0 aliphatic heterocycles. The maximum Gasteiger partial charge on any atom is 0.125 e. The van der Waals surface area contributed by atoms with Crippen LogP contribution >= 0.6 is 11.6 Å². The lowest BCUT2D eigenvalue weighted by Crippen LogP contribution is -1.94. The highest BCUT2D eigenvalue weighted by molar-refractivity contribution is 6.33. The lowest BCUT2D eigenvalue weighted by molar-refractivity contribution is 0.628. The number of nitrogens with zero attached hydrogens (tertiary/aromatic N) is 1. The van der Waals surface area contributed by atoms with Crippen LogP contribution in [0.5, 0.6) is 0 Å². The van der Waals surface area contributed by atoms with E-state index < -0.39 is 5.82 Å². The van der Waals surface area contributed by atoms with Crippen LogP contribution in [0, 0.1) is 24.1 Å². The molecule has 2 nitrogen and oxygen atoms in total. The molecule has 2 aromatic carbocycles. The molecule has 18 heavy (non-hydrogen) atoms. The maximum atomic E-state index is 13.4. The topological polar surface area (TPSA) is 49.8 Å². The number of nitriles is 1. The Bertz CT molecular complexity index is 660. The van der Waals surface area contributed by atoms with Crippen LogP contribution in [-0.4, -0.2) is 0 Å². The van der Waals surface area contributed by atoms with E-state index >= 15 is 0 Å². The smallest absolute Gasteiger partial charge is 0.125 e. The molecule has 0 radical (unpaired) electrons. The van der Waals surface area contributed by atoms with E-state index in [0.717, 1.165) is 5.56 Å². The highest BCUT2D eigenvalue weighted by atomic mass is 35.5. The van der Waals surface area contributed by atoms with Crippen molar-refractivity contribution >= 4 is 17.3 Å². The molecule has 0 saturated heterocycles. The average molecular weight is 261 g/mol. The predicted octanol–water partition coefficient (Wildman–Crippen LogP) is 3.91. The number of hydrogen-bond donors (Lipinski definition) is 1. The summed E-state index contributed by atoms with van der Waals surface area (Å²) in [6.07, 6.45) is 0. The van der Waals surface area contributed by atoms with E-state index in [1.54, 1.807) is 18.2 Å². The summed E-state index contributed by atoms with van der Waals surface area (Å²) in [7, 11) is 0. The van der Waals surface area contributed by atoms with E-state index in [1.807, 2.05) is 6.92 Å². The highest BCUT2D eigenvalue weighted by Crippen LogP contribution is 2.33. The molecule has 0 saturated carbocycles. The highest BCUT2D eigenvalue weighted by Gasteiger charge is 2.10. The van der Waals surface area contributed by atoms with Gasteiger partial charge in [0.25, 0.3) is 0 Å². The van der Waals surface area contributed by atoms with Crippen LogP contribution in [0.2, 0.25) is 5.02 Å². The zero-order valence-electron chi connectivity index (χ0n) is 9.67. The van der Waals surface area contributed by atoms with E-state index in [1.165, 1.54) is 12.1 Å². The molecule has 0 fully saturated rings. The fourth-order valence-electron chi connectivity index (χ4n) is 1.73. The number of hydrogen-bond acceptors (Lipinski definition) is 2. The second-order valence-corrected chi connectivity index (χ2v) is 4.40. The van der Waals surface area contributed by atoms with Gasteiger partial charge in [-0.3, -0.25) is 0 Å². The van der Waals surface area contributed by atoms with Crippen LogP contribution in [-0.2, 0) is 0 Å². The van der Waals surface area contributed by atoms with Gasteiger partial charge in [-0.15, -0.1) is 0 Å². The molecule has 90 valence electrons. The molecular weight excluding hydrogens is 251 g/mol. The van der Waals surface area contributed by atoms with Crippen molar-refractivity contribution in [2.75, 3.05) is 5.73 Å². The molecule has 0 heterocycles. The van der Waals surface area contributed by atoms with E-state index in [0.29, 0.717) is 22.4 Å². The minimum Gasteiger partial charge on any atom is -0.397 e. The molecule has 0 aliphatic rings. The number of benzene rings is 2. The molecule has 0 bridgehead atoms. The van der Waals surface area contributed by atoms with Gasteiger partial charge in [0.2, 0.25) is 0 Å². The lowest BCUT2D eigenvalue weighted by Gasteiger charge is -2.09. The first-order valence-corrected chi connectivity index (χ1v) is 5.66. The summed E-state index contributed by atoms with van der Waals surface area (Å²) < 4.78 is 13.4. The van der Waals surface area contributed by atoms with E-state index in [2.05, 4.69) is 6.07 Å². The van der Waals surface area contributed by atoms with Crippen LogP contribution in [0.15, 0.2) is 30.3 Å². The van der Waals surface area contributed by atoms with Gasteiger partial charge in [-0.1, -0.05) is 23.7 Å². The number of nitrogen functional groups attached to an aromatic ring is 1. The molecule has 0 aromatic heterocycles. The zero-order chi connectivity index (χ0) is 13.3. The first-order valence-electron chi connectivity index (χ1n) is 5.28. The van der Waals surface area contributed by atoms with Crippen molar-refractivity contribution in [3.63, 3.8) is 0 Å². The van der Waals surface area contributed by atoms with Gasteiger partial charge in [0, 0.05) is 5.56 Å². The summed E-state index contributed by atoms with van der Waals surface area (Å²) in [5, 5.41) is 9.16. The standard InChI is InChI=1S/C14H10ClFN2/c1-8-2-3-9(4-10(8)7-17)12-5-11(16)6-13(15)14(12)18/h2-6H,18H2,1H3. The Labute approximate surface area is 109 Å². The van der Waals surface area contributed by atoms with Crippen LogP contribution in [0.4, 0.5) is 10.1 Å². The molecule has 0 atom stereocenters. The van der Waals surface area contributed by atoms with Crippen molar-refractivity contribution in [3.05, 3.63) is 52.3 Å². The van der Waals surface area contributed by atoms with Crippen LogP contribution in [0.3, 0.4) is 0 Å². The maximum absolute atomic E-state index is 13.4. The second-order valence-electron chi connectivity index (χ2n) is 3.99. The molecule has 0 unspecified atom stereocenters. The van der Waals surface area contributed by atoms with Crippen molar-refractivity contribution in [1.82, 2.24) is 0 Å². The first-order chi connectivity index (χ1) is 8.52. The molecule has 0 spiro atoms. The third-order valence-corrected chi connectivity index (χ3v) is 3.08. The van der Waals surface area contributed by atoms with Gasteiger partial charge in [-0.2, -0.15) is 5.26 Å². The number of halogens is 2. The normalized spacial score (nSPS) is 10.1. The Morgan fingerprint density at radius 2 is 2.00 bits per heavy atom. The fraction of sp³-hybridized carbons (Fsp3) is 0.0714. The number of nitrogens with two attached hydrogens (primary N) is 1. The van der Waals surface area contributed by atoms with Crippen LogP contribution in [0.1, 0.15) is 11.1 Å². The molecular formula is C14H10ClFN2.